The molecule has 2 nitrogen and oxygen atoms in total. The number of halogens is 2. The van der Waals surface area contributed by atoms with E-state index in [9.17, 15) is 4.39 Å². The van der Waals surface area contributed by atoms with Gasteiger partial charge in [0.25, 0.3) is 0 Å². The predicted octanol–water partition coefficient (Wildman–Crippen LogP) is 4.44. The molecule has 100 valence electrons. The van der Waals surface area contributed by atoms with Gasteiger partial charge in [-0.15, -0.1) is 0 Å². The summed E-state index contributed by atoms with van der Waals surface area (Å²) in [6.07, 6.45) is 6.01. The number of nitrogens with two attached hydrogens (primary N) is 1. The fraction of sp³-hybridized carbons (Fsp3) is 0.571. The lowest BCUT2D eigenvalue weighted by Gasteiger charge is -2.30. The minimum Gasteiger partial charge on any atom is -0.397 e. The molecule has 2 unspecified atom stereocenters. The van der Waals surface area contributed by atoms with Crippen molar-refractivity contribution in [3.8, 4) is 0 Å². The van der Waals surface area contributed by atoms with Crippen molar-refractivity contribution in [2.75, 3.05) is 11.1 Å². The second kappa shape index (κ2) is 5.79. The summed E-state index contributed by atoms with van der Waals surface area (Å²) in [5, 5.41) is 3.43. The number of hydrogen-bond donors (Lipinski definition) is 2. The first kappa shape index (κ1) is 13.5. The van der Waals surface area contributed by atoms with Crippen LogP contribution in [0.15, 0.2) is 12.1 Å². The lowest BCUT2D eigenvalue weighted by atomic mass is 9.84. The molecule has 3 N–H and O–H groups in total. The Hall–Kier alpha value is -0.960. The first-order valence-corrected chi connectivity index (χ1v) is 6.99. The molecule has 4 heteroatoms. The number of nitrogens with one attached hydrogen (secondary N) is 1. The van der Waals surface area contributed by atoms with E-state index in [0.717, 1.165) is 18.8 Å². The van der Waals surface area contributed by atoms with Gasteiger partial charge in [-0.1, -0.05) is 37.8 Å². The molecule has 0 aliphatic heterocycles. The average molecular weight is 271 g/mol. The van der Waals surface area contributed by atoms with Crippen molar-refractivity contribution >= 4 is 23.0 Å². The predicted molar refractivity (Wildman–Crippen MR) is 75.5 cm³/mol. The van der Waals surface area contributed by atoms with Crippen molar-refractivity contribution in [1.29, 1.82) is 0 Å². The minimum absolute atomic E-state index is 0.0770. The van der Waals surface area contributed by atoms with Crippen LogP contribution < -0.4 is 11.1 Å². The van der Waals surface area contributed by atoms with Crippen LogP contribution in [0.2, 0.25) is 5.02 Å². The van der Waals surface area contributed by atoms with E-state index >= 15 is 0 Å². The lowest BCUT2D eigenvalue weighted by Crippen LogP contribution is -2.27. The molecular formula is C14H20ClFN2. The Bertz CT molecular complexity index is 423. The van der Waals surface area contributed by atoms with Gasteiger partial charge < -0.3 is 11.1 Å². The summed E-state index contributed by atoms with van der Waals surface area (Å²) >= 11 is 5.69. The molecule has 18 heavy (non-hydrogen) atoms. The van der Waals surface area contributed by atoms with Crippen molar-refractivity contribution in [1.82, 2.24) is 0 Å². The largest absolute Gasteiger partial charge is 0.397 e. The molecule has 0 spiro atoms. The van der Waals surface area contributed by atoms with Crippen molar-refractivity contribution in [2.24, 2.45) is 5.92 Å². The summed E-state index contributed by atoms with van der Waals surface area (Å²) < 4.78 is 13.4. The first-order valence-electron chi connectivity index (χ1n) is 6.61. The third-order valence-corrected chi connectivity index (χ3v) is 4.10. The zero-order chi connectivity index (χ0) is 13.1. The Morgan fingerprint density at radius 3 is 2.94 bits per heavy atom. The fourth-order valence-corrected chi connectivity index (χ4v) is 2.87. The van der Waals surface area contributed by atoms with Gasteiger partial charge in [0.05, 0.1) is 16.4 Å². The molecule has 0 saturated heterocycles. The summed E-state index contributed by atoms with van der Waals surface area (Å²) in [5.74, 6) is 0.353. The summed E-state index contributed by atoms with van der Waals surface area (Å²) in [6, 6.07) is 3.26. The highest BCUT2D eigenvalue weighted by atomic mass is 35.5. The molecule has 1 aliphatic rings. The maximum atomic E-state index is 13.4. The quantitative estimate of drug-likeness (QED) is 0.797. The normalized spacial score (nSPS) is 23.9. The fourth-order valence-electron chi connectivity index (χ4n) is 2.70. The lowest BCUT2D eigenvalue weighted by molar-refractivity contribution is 0.327. The first-order chi connectivity index (χ1) is 8.60. The highest BCUT2D eigenvalue weighted by Crippen LogP contribution is 2.32. The van der Waals surface area contributed by atoms with Crippen LogP contribution >= 0.6 is 11.6 Å². The van der Waals surface area contributed by atoms with Crippen LogP contribution in [-0.4, -0.2) is 6.04 Å². The Morgan fingerprint density at radius 1 is 1.44 bits per heavy atom. The third kappa shape index (κ3) is 3.08. The molecule has 2 atom stereocenters. The molecule has 1 aliphatic carbocycles. The number of benzene rings is 1. The summed E-state index contributed by atoms with van der Waals surface area (Å²) in [4.78, 5) is 0. The van der Waals surface area contributed by atoms with Gasteiger partial charge in [-0.2, -0.15) is 0 Å². The van der Waals surface area contributed by atoms with Gasteiger partial charge in [0, 0.05) is 12.1 Å². The van der Waals surface area contributed by atoms with Crippen LogP contribution in [0.4, 0.5) is 15.8 Å². The van der Waals surface area contributed by atoms with Gasteiger partial charge in [-0.25, -0.2) is 4.39 Å². The maximum Gasteiger partial charge on any atom is 0.143 e. The molecule has 1 aromatic carbocycles. The minimum atomic E-state index is -0.420. The Morgan fingerprint density at radius 2 is 2.22 bits per heavy atom. The Kier molecular flexibility index (Phi) is 4.33. The van der Waals surface area contributed by atoms with Gasteiger partial charge >= 0.3 is 0 Å². The van der Waals surface area contributed by atoms with Crippen LogP contribution in [-0.2, 0) is 0 Å². The monoisotopic (exact) mass is 270 g/mol. The van der Waals surface area contributed by atoms with Crippen molar-refractivity contribution in [3.63, 3.8) is 0 Å². The summed E-state index contributed by atoms with van der Waals surface area (Å²) in [7, 11) is 0. The van der Waals surface area contributed by atoms with E-state index in [1.165, 1.54) is 31.4 Å². The molecule has 1 aromatic rings. The number of nitrogen functional groups attached to an aromatic ring is 1. The molecule has 0 amide bonds. The highest BCUT2D eigenvalue weighted by Gasteiger charge is 2.21. The van der Waals surface area contributed by atoms with Gasteiger partial charge in [0.15, 0.2) is 0 Å². The van der Waals surface area contributed by atoms with Crippen LogP contribution in [0, 0.1) is 11.7 Å². The molecule has 0 bridgehead atoms. The summed E-state index contributed by atoms with van der Waals surface area (Å²) in [5.41, 5.74) is 7.04. The SMILES string of the molecule is CCC1CCCC(Nc2cc(F)c(Cl)cc2N)C1. The maximum absolute atomic E-state index is 13.4. The molecule has 0 radical (unpaired) electrons. The van der Waals surface area contributed by atoms with E-state index < -0.39 is 5.82 Å². The average Bonchev–Trinajstić information content (AvgIpc) is 2.36. The van der Waals surface area contributed by atoms with E-state index in [-0.39, 0.29) is 5.02 Å². The Labute approximate surface area is 113 Å². The third-order valence-electron chi connectivity index (χ3n) is 3.81. The van der Waals surface area contributed by atoms with Crippen molar-refractivity contribution in [2.45, 2.75) is 45.1 Å². The second-order valence-electron chi connectivity index (χ2n) is 5.14. The van der Waals surface area contributed by atoms with E-state index in [1.807, 2.05) is 0 Å². The zero-order valence-corrected chi connectivity index (χ0v) is 11.4. The van der Waals surface area contributed by atoms with Crippen LogP contribution in [0.25, 0.3) is 0 Å². The van der Waals surface area contributed by atoms with Crippen LogP contribution in [0.1, 0.15) is 39.0 Å². The van der Waals surface area contributed by atoms with Crippen LogP contribution in [0.3, 0.4) is 0 Å². The van der Waals surface area contributed by atoms with Crippen molar-refractivity contribution < 1.29 is 4.39 Å². The molecular weight excluding hydrogens is 251 g/mol. The second-order valence-corrected chi connectivity index (χ2v) is 5.54. The summed E-state index contributed by atoms with van der Waals surface area (Å²) in [6.45, 7) is 2.23. The number of hydrogen-bond acceptors (Lipinski definition) is 2. The molecule has 0 aromatic heterocycles. The van der Waals surface area contributed by atoms with Crippen molar-refractivity contribution in [3.05, 3.63) is 23.0 Å². The standard InChI is InChI=1S/C14H20ClFN2/c1-2-9-4-3-5-10(6-9)18-14-8-12(16)11(15)7-13(14)17/h7-10,18H,2-6,17H2,1H3. The molecule has 1 fully saturated rings. The van der Waals surface area contributed by atoms with Gasteiger partial charge in [-0.3, -0.25) is 0 Å². The number of rotatable bonds is 3. The zero-order valence-electron chi connectivity index (χ0n) is 10.7. The van der Waals surface area contributed by atoms with Gasteiger partial charge in [0.1, 0.15) is 5.82 Å². The van der Waals surface area contributed by atoms with E-state index in [4.69, 9.17) is 17.3 Å². The number of anilines is 2. The Balaban J connectivity index is 2.07. The molecule has 0 heterocycles. The van der Waals surface area contributed by atoms with E-state index in [1.54, 1.807) is 0 Å². The molecule has 2 rings (SSSR count). The highest BCUT2D eigenvalue weighted by molar-refractivity contribution is 6.31. The van der Waals surface area contributed by atoms with Crippen LogP contribution in [0.5, 0.6) is 0 Å². The topological polar surface area (TPSA) is 38.0 Å². The smallest absolute Gasteiger partial charge is 0.143 e. The van der Waals surface area contributed by atoms with Gasteiger partial charge in [0.2, 0.25) is 0 Å². The van der Waals surface area contributed by atoms with Gasteiger partial charge in [-0.05, 0) is 24.8 Å². The van der Waals surface area contributed by atoms with E-state index in [0.29, 0.717) is 17.4 Å². The van der Waals surface area contributed by atoms with E-state index in [2.05, 4.69) is 12.2 Å². The molecule has 1 saturated carbocycles.